The number of benzene rings is 1. The lowest BCUT2D eigenvalue weighted by molar-refractivity contribution is 0.121. The first-order chi connectivity index (χ1) is 7.74. The van der Waals surface area contributed by atoms with Crippen molar-refractivity contribution in [3.63, 3.8) is 0 Å². The van der Waals surface area contributed by atoms with E-state index in [-0.39, 0.29) is 6.61 Å². The average Bonchev–Trinajstić information content (AvgIpc) is 2.77. The summed E-state index contributed by atoms with van der Waals surface area (Å²) in [5, 5.41) is 9.70. The summed E-state index contributed by atoms with van der Waals surface area (Å²) in [5.41, 5.74) is 1.87. The molecular weight excluding hydrogens is 226 g/mol. The molecule has 0 radical (unpaired) electrons. The fourth-order valence-electron chi connectivity index (χ4n) is 2.04. The minimum Gasteiger partial charge on any atom is -0.392 e. The highest BCUT2D eigenvalue weighted by atomic mass is 35.5. The molecule has 0 bridgehead atoms. The lowest BCUT2D eigenvalue weighted by atomic mass is 10.2. The molecule has 0 spiro atoms. The van der Waals surface area contributed by atoms with Crippen LogP contribution < -0.4 is 4.90 Å². The van der Waals surface area contributed by atoms with Gasteiger partial charge in [-0.3, -0.25) is 0 Å². The number of halogens is 1. The first kappa shape index (κ1) is 11.7. The summed E-state index contributed by atoms with van der Waals surface area (Å²) in [6.45, 7) is 1.88. The van der Waals surface area contributed by atoms with Crippen LogP contribution in [0.2, 0.25) is 5.02 Å². The van der Waals surface area contributed by atoms with Crippen molar-refractivity contribution < 1.29 is 9.84 Å². The second-order valence-corrected chi connectivity index (χ2v) is 4.44. The Morgan fingerprint density at radius 1 is 1.56 bits per heavy atom. The van der Waals surface area contributed by atoms with Gasteiger partial charge in [-0.15, -0.1) is 0 Å². The van der Waals surface area contributed by atoms with E-state index in [2.05, 4.69) is 4.90 Å². The molecule has 1 heterocycles. The van der Waals surface area contributed by atoms with Crippen molar-refractivity contribution in [1.82, 2.24) is 0 Å². The van der Waals surface area contributed by atoms with E-state index in [1.54, 1.807) is 7.11 Å². The first-order valence-corrected chi connectivity index (χ1v) is 5.79. The normalized spacial score (nSPS) is 20.4. The molecule has 1 aromatic rings. The number of rotatable bonds is 3. The highest BCUT2D eigenvalue weighted by Crippen LogP contribution is 2.30. The van der Waals surface area contributed by atoms with Crippen molar-refractivity contribution in [2.45, 2.75) is 19.1 Å². The predicted molar refractivity (Wildman–Crippen MR) is 65.0 cm³/mol. The molecule has 1 atom stereocenters. The number of methoxy groups -OCH3 is 1. The van der Waals surface area contributed by atoms with Crippen LogP contribution >= 0.6 is 11.6 Å². The van der Waals surface area contributed by atoms with Crippen LogP contribution in [0.3, 0.4) is 0 Å². The van der Waals surface area contributed by atoms with Crippen LogP contribution in [-0.2, 0) is 11.3 Å². The molecule has 1 N–H and O–H groups in total. The molecular formula is C12H16ClNO2. The Morgan fingerprint density at radius 3 is 2.94 bits per heavy atom. The highest BCUT2D eigenvalue weighted by molar-refractivity contribution is 6.33. The van der Waals surface area contributed by atoms with Crippen LogP contribution in [0.25, 0.3) is 0 Å². The Balaban J connectivity index is 2.15. The summed E-state index contributed by atoms with van der Waals surface area (Å²) >= 11 is 6.19. The van der Waals surface area contributed by atoms with E-state index in [0.29, 0.717) is 11.1 Å². The first-order valence-electron chi connectivity index (χ1n) is 5.41. The number of hydrogen-bond acceptors (Lipinski definition) is 3. The molecule has 3 nitrogen and oxygen atoms in total. The van der Waals surface area contributed by atoms with Gasteiger partial charge in [-0.2, -0.15) is 0 Å². The molecule has 1 saturated heterocycles. The lowest BCUT2D eigenvalue weighted by Crippen LogP contribution is -2.22. The summed E-state index contributed by atoms with van der Waals surface area (Å²) in [5.74, 6) is 0. The molecule has 88 valence electrons. The molecule has 0 saturated carbocycles. The maximum Gasteiger partial charge on any atom is 0.0762 e. The second kappa shape index (κ2) is 5.04. The zero-order chi connectivity index (χ0) is 11.5. The number of nitrogens with zero attached hydrogens (tertiary/aromatic N) is 1. The molecule has 16 heavy (non-hydrogen) atoms. The van der Waals surface area contributed by atoms with Crippen LogP contribution in [0.5, 0.6) is 0 Å². The van der Waals surface area contributed by atoms with Gasteiger partial charge in [0.2, 0.25) is 0 Å². The fraction of sp³-hybridized carbons (Fsp3) is 0.500. The zero-order valence-electron chi connectivity index (χ0n) is 9.32. The third-order valence-electron chi connectivity index (χ3n) is 3.01. The molecule has 2 rings (SSSR count). The minimum atomic E-state index is 0.0285. The van der Waals surface area contributed by atoms with E-state index in [0.717, 1.165) is 30.8 Å². The van der Waals surface area contributed by atoms with Crippen molar-refractivity contribution in [2.75, 3.05) is 25.1 Å². The minimum absolute atomic E-state index is 0.0285. The van der Waals surface area contributed by atoms with Gasteiger partial charge in [-0.1, -0.05) is 17.7 Å². The SMILES string of the molecule is COC1CCN(c2ccc(CO)cc2Cl)C1. The van der Waals surface area contributed by atoms with E-state index in [1.165, 1.54) is 0 Å². The summed E-state index contributed by atoms with van der Waals surface area (Å²) in [7, 11) is 1.74. The van der Waals surface area contributed by atoms with Gasteiger partial charge in [0.05, 0.1) is 23.4 Å². The van der Waals surface area contributed by atoms with Crippen LogP contribution in [0.1, 0.15) is 12.0 Å². The maximum atomic E-state index is 9.01. The number of anilines is 1. The van der Waals surface area contributed by atoms with Crippen molar-refractivity contribution >= 4 is 17.3 Å². The van der Waals surface area contributed by atoms with Crippen molar-refractivity contribution in [2.24, 2.45) is 0 Å². The third-order valence-corrected chi connectivity index (χ3v) is 3.32. The number of hydrogen-bond donors (Lipinski definition) is 1. The van der Waals surface area contributed by atoms with Crippen LogP contribution in [0.4, 0.5) is 5.69 Å². The Hall–Kier alpha value is -0.770. The molecule has 0 aliphatic carbocycles. The molecule has 1 aromatic carbocycles. The Morgan fingerprint density at radius 2 is 2.38 bits per heavy atom. The smallest absolute Gasteiger partial charge is 0.0762 e. The van der Waals surface area contributed by atoms with Gasteiger partial charge in [0.1, 0.15) is 0 Å². The Kier molecular flexibility index (Phi) is 3.69. The summed E-state index contributed by atoms with van der Waals surface area (Å²) in [6.07, 6.45) is 1.34. The van der Waals surface area contributed by atoms with E-state index >= 15 is 0 Å². The molecule has 0 amide bonds. The Labute approximate surface area is 101 Å². The molecule has 1 unspecified atom stereocenters. The predicted octanol–water partition coefficient (Wildman–Crippen LogP) is 2.06. The van der Waals surface area contributed by atoms with Gasteiger partial charge in [-0.25, -0.2) is 0 Å². The van der Waals surface area contributed by atoms with Gasteiger partial charge >= 0.3 is 0 Å². The molecule has 1 aliphatic rings. The van der Waals surface area contributed by atoms with Crippen molar-refractivity contribution in [3.05, 3.63) is 28.8 Å². The number of aliphatic hydroxyl groups excluding tert-OH is 1. The monoisotopic (exact) mass is 241 g/mol. The summed E-state index contributed by atoms with van der Waals surface area (Å²) in [6, 6.07) is 5.68. The van der Waals surface area contributed by atoms with Crippen LogP contribution in [0, 0.1) is 0 Å². The number of aliphatic hydroxyl groups is 1. The van der Waals surface area contributed by atoms with Gasteiger partial charge in [-0.05, 0) is 24.1 Å². The van der Waals surface area contributed by atoms with E-state index in [4.69, 9.17) is 21.4 Å². The fourth-order valence-corrected chi connectivity index (χ4v) is 2.37. The van der Waals surface area contributed by atoms with Crippen molar-refractivity contribution in [1.29, 1.82) is 0 Å². The molecule has 4 heteroatoms. The quantitative estimate of drug-likeness (QED) is 0.879. The number of ether oxygens (including phenoxy) is 1. The van der Waals surface area contributed by atoms with Crippen LogP contribution in [0.15, 0.2) is 18.2 Å². The molecule has 1 fully saturated rings. The largest absolute Gasteiger partial charge is 0.392 e. The van der Waals surface area contributed by atoms with Crippen molar-refractivity contribution in [3.8, 4) is 0 Å². The van der Waals surface area contributed by atoms with Crippen LogP contribution in [-0.4, -0.2) is 31.4 Å². The molecule has 0 aromatic heterocycles. The van der Waals surface area contributed by atoms with E-state index < -0.39 is 0 Å². The summed E-state index contributed by atoms with van der Waals surface area (Å²) in [4.78, 5) is 2.22. The van der Waals surface area contributed by atoms with Gasteiger partial charge < -0.3 is 14.7 Å². The standard InChI is InChI=1S/C12H16ClNO2/c1-16-10-4-5-14(7-10)12-3-2-9(8-15)6-11(12)13/h2-3,6,10,15H,4-5,7-8H2,1H3. The highest BCUT2D eigenvalue weighted by Gasteiger charge is 2.23. The van der Waals surface area contributed by atoms with Gasteiger partial charge in [0.25, 0.3) is 0 Å². The second-order valence-electron chi connectivity index (χ2n) is 4.04. The van der Waals surface area contributed by atoms with Gasteiger partial charge in [0, 0.05) is 20.2 Å². The van der Waals surface area contributed by atoms with E-state index in [9.17, 15) is 0 Å². The topological polar surface area (TPSA) is 32.7 Å². The third kappa shape index (κ3) is 2.32. The summed E-state index contributed by atoms with van der Waals surface area (Å²) < 4.78 is 5.32. The zero-order valence-corrected chi connectivity index (χ0v) is 10.1. The Bertz CT molecular complexity index is 370. The van der Waals surface area contributed by atoms with E-state index in [1.807, 2.05) is 18.2 Å². The van der Waals surface area contributed by atoms with Gasteiger partial charge in [0.15, 0.2) is 0 Å². The lowest BCUT2D eigenvalue weighted by Gasteiger charge is -2.20. The average molecular weight is 242 g/mol. The maximum absolute atomic E-state index is 9.01. The molecule has 1 aliphatic heterocycles.